The van der Waals surface area contributed by atoms with Crippen LogP contribution >= 0.6 is 22.7 Å². The first-order valence-corrected chi connectivity index (χ1v) is 8.21. The fourth-order valence-electron chi connectivity index (χ4n) is 1.58. The Morgan fingerprint density at radius 3 is 2.90 bits per heavy atom. The molecule has 1 atom stereocenters. The zero-order chi connectivity index (χ0) is 14.4. The minimum absolute atomic E-state index is 0.0709. The second kappa shape index (κ2) is 7.30. The first-order chi connectivity index (χ1) is 9.74. The lowest BCUT2D eigenvalue weighted by Gasteiger charge is -2.12. The topological polar surface area (TPSA) is 79.8 Å². The largest absolute Gasteiger partial charge is 0.360 e. The molecule has 0 saturated carbocycles. The molecule has 0 radical (unpaired) electrons. The van der Waals surface area contributed by atoms with Gasteiger partial charge < -0.3 is 10.6 Å². The normalized spacial score (nSPS) is 12.1. The molecule has 0 bridgehead atoms. The molecule has 2 aromatic rings. The molecule has 0 aliphatic rings. The van der Waals surface area contributed by atoms with E-state index >= 15 is 0 Å². The summed E-state index contributed by atoms with van der Waals surface area (Å²) >= 11 is 2.81. The molecule has 2 aromatic heterocycles. The van der Waals surface area contributed by atoms with Crippen LogP contribution in [-0.4, -0.2) is 27.6 Å². The molecule has 2 heterocycles. The van der Waals surface area contributed by atoms with E-state index in [0.717, 1.165) is 24.4 Å². The molecular weight excluding hydrogens is 294 g/mol. The van der Waals surface area contributed by atoms with Gasteiger partial charge in [0.05, 0.1) is 6.04 Å². The van der Waals surface area contributed by atoms with Crippen LogP contribution in [0, 0.1) is 0 Å². The number of carbonyl (C=O) groups excluding carboxylic acids is 1. The second-order valence-electron chi connectivity index (χ2n) is 4.14. The molecule has 0 aliphatic heterocycles. The van der Waals surface area contributed by atoms with Crippen LogP contribution < -0.4 is 10.6 Å². The Morgan fingerprint density at radius 1 is 1.40 bits per heavy atom. The monoisotopic (exact) mass is 311 g/mol. The van der Waals surface area contributed by atoms with Crippen LogP contribution in [0.5, 0.6) is 0 Å². The smallest absolute Gasteiger partial charge is 0.282 e. The summed E-state index contributed by atoms with van der Waals surface area (Å²) in [5.41, 5.74) is 0. The van der Waals surface area contributed by atoms with Gasteiger partial charge in [-0.2, -0.15) is 0 Å². The van der Waals surface area contributed by atoms with E-state index in [9.17, 15) is 4.79 Å². The summed E-state index contributed by atoms with van der Waals surface area (Å²) in [6.45, 7) is 4.91. The van der Waals surface area contributed by atoms with Crippen LogP contribution in [-0.2, 0) is 0 Å². The molecule has 20 heavy (non-hydrogen) atoms. The van der Waals surface area contributed by atoms with Gasteiger partial charge in [-0.1, -0.05) is 25.2 Å². The van der Waals surface area contributed by atoms with E-state index in [0.29, 0.717) is 10.1 Å². The van der Waals surface area contributed by atoms with Crippen LogP contribution in [0.15, 0.2) is 11.6 Å². The predicted molar refractivity (Wildman–Crippen MR) is 81.3 cm³/mol. The number of aromatic nitrogens is 3. The van der Waals surface area contributed by atoms with Gasteiger partial charge in [-0.15, -0.1) is 21.5 Å². The second-order valence-corrected chi connectivity index (χ2v) is 6.05. The number of anilines is 1. The van der Waals surface area contributed by atoms with Gasteiger partial charge in [0.25, 0.3) is 5.91 Å². The molecule has 1 amide bonds. The number of hydrogen-bond acceptors (Lipinski definition) is 7. The van der Waals surface area contributed by atoms with E-state index in [4.69, 9.17) is 0 Å². The average molecular weight is 311 g/mol. The van der Waals surface area contributed by atoms with Crippen molar-refractivity contribution in [1.82, 2.24) is 20.5 Å². The Morgan fingerprint density at radius 2 is 2.25 bits per heavy atom. The number of carbonyl (C=O) groups is 1. The maximum atomic E-state index is 12.1. The molecule has 108 valence electrons. The maximum absolute atomic E-state index is 12.1. The number of amides is 1. The van der Waals surface area contributed by atoms with Gasteiger partial charge in [0.1, 0.15) is 5.01 Å². The van der Waals surface area contributed by atoms with Crippen molar-refractivity contribution in [3.05, 3.63) is 21.6 Å². The molecule has 0 spiro atoms. The minimum atomic E-state index is -0.200. The Bertz CT molecular complexity index is 540. The highest BCUT2D eigenvalue weighted by molar-refractivity contribution is 7.17. The zero-order valence-corrected chi connectivity index (χ0v) is 13.1. The molecule has 1 unspecified atom stereocenters. The first kappa shape index (κ1) is 14.9. The fourth-order valence-corrected chi connectivity index (χ4v) is 3.03. The van der Waals surface area contributed by atoms with Gasteiger partial charge in [-0.25, -0.2) is 4.98 Å². The van der Waals surface area contributed by atoms with Crippen LogP contribution in [0.3, 0.4) is 0 Å². The summed E-state index contributed by atoms with van der Waals surface area (Å²) in [6.07, 6.45) is 3.54. The zero-order valence-electron chi connectivity index (χ0n) is 11.4. The average Bonchev–Trinajstić information content (AvgIpc) is 3.13. The summed E-state index contributed by atoms with van der Waals surface area (Å²) in [4.78, 5) is 16.4. The van der Waals surface area contributed by atoms with Crippen molar-refractivity contribution in [3.8, 4) is 0 Å². The highest BCUT2D eigenvalue weighted by Gasteiger charge is 2.19. The maximum Gasteiger partial charge on any atom is 0.282 e. The summed E-state index contributed by atoms with van der Waals surface area (Å²) < 4.78 is 0. The molecule has 2 rings (SSSR count). The quantitative estimate of drug-likeness (QED) is 0.822. The van der Waals surface area contributed by atoms with Crippen molar-refractivity contribution in [2.45, 2.75) is 32.7 Å². The van der Waals surface area contributed by atoms with Gasteiger partial charge in [0, 0.05) is 18.1 Å². The Kier molecular flexibility index (Phi) is 5.42. The predicted octanol–water partition coefficient (Wildman–Crippen LogP) is 2.70. The lowest BCUT2D eigenvalue weighted by Crippen LogP contribution is -2.28. The minimum Gasteiger partial charge on any atom is -0.360 e. The van der Waals surface area contributed by atoms with Crippen molar-refractivity contribution in [3.63, 3.8) is 0 Å². The lowest BCUT2D eigenvalue weighted by molar-refractivity contribution is 0.0934. The third kappa shape index (κ3) is 3.73. The van der Waals surface area contributed by atoms with Crippen molar-refractivity contribution in [1.29, 1.82) is 0 Å². The van der Waals surface area contributed by atoms with E-state index < -0.39 is 0 Å². The molecule has 0 aliphatic carbocycles. The summed E-state index contributed by atoms with van der Waals surface area (Å²) in [5.74, 6) is -0.200. The number of rotatable bonds is 7. The standard InChI is InChI=1S/C12H17N5OS2/c1-3-5-14-12-17-16-11(20-12)9(18)15-8(4-2)10-13-6-7-19-10/h6-8H,3-5H2,1-2H3,(H,14,17)(H,15,18). The van der Waals surface area contributed by atoms with E-state index in [1.807, 2.05) is 12.3 Å². The van der Waals surface area contributed by atoms with Crippen molar-refractivity contribution in [2.24, 2.45) is 0 Å². The molecule has 2 N–H and O–H groups in total. The van der Waals surface area contributed by atoms with E-state index in [1.165, 1.54) is 22.7 Å². The highest BCUT2D eigenvalue weighted by atomic mass is 32.1. The summed E-state index contributed by atoms with van der Waals surface area (Å²) in [6, 6.07) is -0.0709. The fraction of sp³-hybridized carbons (Fsp3) is 0.500. The summed E-state index contributed by atoms with van der Waals surface area (Å²) in [7, 11) is 0. The molecule has 0 fully saturated rings. The molecule has 8 heteroatoms. The third-order valence-corrected chi connectivity index (χ3v) is 4.38. The van der Waals surface area contributed by atoms with Crippen LogP contribution in [0.1, 0.15) is 47.5 Å². The molecule has 6 nitrogen and oxygen atoms in total. The third-order valence-electron chi connectivity index (χ3n) is 2.61. The number of thiazole rings is 1. The Balaban J connectivity index is 1.98. The summed E-state index contributed by atoms with van der Waals surface area (Å²) in [5, 5.41) is 17.8. The van der Waals surface area contributed by atoms with Gasteiger partial charge >= 0.3 is 0 Å². The van der Waals surface area contributed by atoms with Crippen LogP contribution in [0.4, 0.5) is 5.13 Å². The van der Waals surface area contributed by atoms with E-state index in [1.54, 1.807) is 6.20 Å². The van der Waals surface area contributed by atoms with Crippen LogP contribution in [0.2, 0.25) is 0 Å². The van der Waals surface area contributed by atoms with E-state index in [-0.39, 0.29) is 11.9 Å². The van der Waals surface area contributed by atoms with Crippen LogP contribution in [0.25, 0.3) is 0 Å². The molecular formula is C12H17N5OS2. The first-order valence-electron chi connectivity index (χ1n) is 6.52. The van der Waals surface area contributed by atoms with Crippen molar-refractivity contribution >= 4 is 33.7 Å². The van der Waals surface area contributed by atoms with Crippen molar-refractivity contribution < 1.29 is 4.79 Å². The Labute approximate surface area is 125 Å². The highest BCUT2D eigenvalue weighted by Crippen LogP contribution is 2.21. The SMILES string of the molecule is CCCNc1nnc(C(=O)NC(CC)c2nccs2)s1. The number of nitrogens with zero attached hydrogens (tertiary/aromatic N) is 3. The van der Waals surface area contributed by atoms with Gasteiger partial charge in [-0.05, 0) is 12.8 Å². The lowest BCUT2D eigenvalue weighted by atomic mass is 10.2. The van der Waals surface area contributed by atoms with Crippen molar-refractivity contribution in [2.75, 3.05) is 11.9 Å². The Hall–Kier alpha value is -1.54. The van der Waals surface area contributed by atoms with Gasteiger partial charge in [-0.3, -0.25) is 4.79 Å². The van der Waals surface area contributed by atoms with E-state index in [2.05, 4.69) is 32.7 Å². The number of nitrogens with one attached hydrogen (secondary N) is 2. The van der Waals surface area contributed by atoms with Gasteiger partial charge in [0.2, 0.25) is 10.1 Å². The molecule has 0 saturated heterocycles. The van der Waals surface area contributed by atoms with Gasteiger partial charge in [0.15, 0.2) is 0 Å². The number of hydrogen-bond donors (Lipinski definition) is 2. The molecule has 0 aromatic carbocycles.